The van der Waals surface area contributed by atoms with E-state index in [0.717, 1.165) is 44.7 Å². The number of cyclic esters (lactones) is 1. The minimum atomic E-state index is -1.07. The molecule has 3 aromatic heterocycles. The van der Waals surface area contributed by atoms with E-state index in [2.05, 4.69) is 60.3 Å². The Hall–Kier alpha value is -4.90. The summed E-state index contributed by atoms with van der Waals surface area (Å²) in [6.07, 6.45) is 3.10. The standard InChI is InChI=1S/C45H60N8O7S/c1-9-52-36-15-14-28-20-31(36)32(40(52)30-12-10-17-46-38(30)27(4)59-8)22-45(5,6)25-60-43(57)33-13-11-18-53(49-33)42(56)34(21-37-47-35(28)24-61-37)48-41(55)39(26(2)3)50(7)44(58)51-19-16-29(54)23-51/h10,12,14-15,17,20,24,26-27,29,33-34,39,49,54H,9,11,13,16,18-19,21-23,25H2,1-8H3,(H,48,55)/t27-,29-,33-,34-,39?/m0/s1. The Kier molecular flexibility index (Phi) is 13.2. The topological polar surface area (TPSA) is 171 Å². The SMILES string of the molecule is CCn1c(-c2cccnc2[C@H](C)OC)c2c3cc(ccc31)-c1csc(n1)C[C@H](NC(=O)C(C(C)C)N(C)C(=O)N1CC[C@H](O)C1)C(=O)N1CCC[C@H](N1)C(=O)OCC(C)(C)C2. The minimum Gasteiger partial charge on any atom is -0.464 e. The largest absolute Gasteiger partial charge is 0.464 e. The third-order valence-electron chi connectivity index (χ3n) is 12.2. The molecule has 1 aromatic carbocycles. The second-order valence-corrected chi connectivity index (χ2v) is 18.7. The number of hydrazine groups is 1. The quantitative estimate of drug-likeness (QED) is 0.197. The van der Waals surface area contributed by atoms with Crippen molar-refractivity contribution in [2.24, 2.45) is 11.3 Å². The second kappa shape index (κ2) is 18.2. The molecular weight excluding hydrogens is 797 g/mol. The molecular formula is C45H60N8O7S. The van der Waals surface area contributed by atoms with E-state index in [0.29, 0.717) is 50.3 Å². The number of hydrogen-bond acceptors (Lipinski definition) is 11. The number of likely N-dealkylation sites (N-methyl/N-ethyl adjacent to an activating group) is 1. The Morgan fingerprint density at radius 1 is 1.16 bits per heavy atom. The van der Waals surface area contributed by atoms with E-state index < -0.39 is 47.4 Å². The van der Waals surface area contributed by atoms with Gasteiger partial charge in [0.25, 0.3) is 5.91 Å². The Labute approximate surface area is 361 Å². The van der Waals surface area contributed by atoms with Crippen molar-refractivity contribution in [2.45, 2.75) is 111 Å². The lowest BCUT2D eigenvalue weighted by molar-refractivity contribution is -0.155. The number of thiazole rings is 1. The Morgan fingerprint density at radius 2 is 1.95 bits per heavy atom. The van der Waals surface area contributed by atoms with Gasteiger partial charge in [0, 0.05) is 85.8 Å². The molecule has 5 atom stereocenters. The molecule has 2 fully saturated rings. The van der Waals surface area contributed by atoms with Crippen molar-refractivity contribution in [3.63, 3.8) is 0 Å². The van der Waals surface area contributed by atoms with Crippen molar-refractivity contribution in [2.75, 3.05) is 40.4 Å². The predicted octanol–water partition coefficient (Wildman–Crippen LogP) is 5.35. The fraction of sp³-hybridized carbons (Fsp3) is 0.556. The summed E-state index contributed by atoms with van der Waals surface area (Å²) in [7, 11) is 3.26. The van der Waals surface area contributed by atoms with Crippen LogP contribution in [0, 0.1) is 11.3 Å². The van der Waals surface area contributed by atoms with Gasteiger partial charge in [-0.1, -0.05) is 33.8 Å². The summed E-state index contributed by atoms with van der Waals surface area (Å²) < 4.78 is 14.2. The van der Waals surface area contributed by atoms with Crippen molar-refractivity contribution in [1.82, 2.24) is 40.1 Å². The van der Waals surface area contributed by atoms with Crippen LogP contribution >= 0.6 is 11.3 Å². The van der Waals surface area contributed by atoms with Crippen molar-refractivity contribution in [3.05, 3.63) is 58.2 Å². The highest BCUT2D eigenvalue weighted by Gasteiger charge is 2.39. The highest BCUT2D eigenvalue weighted by molar-refractivity contribution is 7.10. The van der Waals surface area contributed by atoms with E-state index in [9.17, 15) is 24.3 Å². The number of rotatable bonds is 8. The number of aliphatic hydroxyl groups is 1. The lowest BCUT2D eigenvalue weighted by atomic mass is 9.84. The number of benzene rings is 1. The van der Waals surface area contributed by atoms with Crippen LogP contribution in [0.2, 0.25) is 0 Å². The number of likely N-dealkylation sites (tertiary alicyclic amines) is 1. The number of hydrogen-bond donors (Lipinski definition) is 3. The molecule has 3 aliphatic rings. The van der Waals surface area contributed by atoms with Gasteiger partial charge in [0.05, 0.1) is 40.9 Å². The van der Waals surface area contributed by atoms with Gasteiger partial charge in [-0.25, -0.2) is 15.2 Å². The number of fused-ring (bicyclic) bond motifs is 6. The molecule has 0 spiro atoms. The maximum absolute atomic E-state index is 14.5. The number of aryl methyl sites for hydroxylation is 1. The van der Waals surface area contributed by atoms with Gasteiger partial charge in [0.1, 0.15) is 18.1 Å². The van der Waals surface area contributed by atoms with E-state index in [1.807, 2.05) is 32.2 Å². The molecule has 7 rings (SSSR count). The molecule has 61 heavy (non-hydrogen) atoms. The van der Waals surface area contributed by atoms with E-state index in [1.165, 1.54) is 21.2 Å². The highest BCUT2D eigenvalue weighted by Crippen LogP contribution is 2.42. The fourth-order valence-corrected chi connectivity index (χ4v) is 9.85. The Bertz CT molecular complexity index is 2270. The van der Waals surface area contributed by atoms with Gasteiger partial charge in [-0.2, -0.15) is 0 Å². The summed E-state index contributed by atoms with van der Waals surface area (Å²) in [6.45, 7) is 13.8. The van der Waals surface area contributed by atoms with Crippen LogP contribution in [0.3, 0.4) is 0 Å². The molecule has 2 saturated heterocycles. The van der Waals surface area contributed by atoms with Crippen LogP contribution in [-0.2, 0) is 43.2 Å². The summed E-state index contributed by atoms with van der Waals surface area (Å²) in [5.74, 6) is -1.65. The molecule has 1 unspecified atom stereocenters. The van der Waals surface area contributed by atoms with Gasteiger partial charge in [-0.05, 0) is 75.3 Å². The number of β-amino-alcohol motifs (C(OH)–C–C–N with tert-alkyl or cyclic N) is 1. The first-order valence-electron chi connectivity index (χ1n) is 21.4. The predicted molar refractivity (Wildman–Crippen MR) is 233 cm³/mol. The molecule has 0 saturated carbocycles. The Morgan fingerprint density at radius 3 is 2.66 bits per heavy atom. The van der Waals surface area contributed by atoms with Crippen LogP contribution < -0.4 is 10.7 Å². The number of amides is 4. The van der Waals surface area contributed by atoms with Crippen LogP contribution in [0.25, 0.3) is 33.4 Å². The molecule has 3 aliphatic heterocycles. The number of carbonyl (C=O) groups is 4. The van der Waals surface area contributed by atoms with Crippen LogP contribution in [0.1, 0.15) is 83.2 Å². The maximum Gasteiger partial charge on any atom is 0.324 e. The summed E-state index contributed by atoms with van der Waals surface area (Å²) in [4.78, 5) is 68.9. The summed E-state index contributed by atoms with van der Waals surface area (Å²) in [6, 6.07) is 7.30. The number of nitrogens with zero attached hydrogens (tertiary/aromatic N) is 6. The molecule has 0 radical (unpaired) electrons. The number of carbonyl (C=O) groups excluding carboxylic acids is 4. The summed E-state index contributed by atoms with van der Waals surface area (Å²) in [5, 5.41) is 18.2. The summed E-state index contributed by atoms with van der Waals surface area (Å²) in [5.41, 5.74) is 9.29. The fourth-order valence-electron chi connectivity index (χ4n) is 9.00. The van der Waals surface area contributed by atoms with Crippen LogP contribution in [0.4, 0.5) is 4.79 Å². The van der Waals surface area contributed by atoms with E-state index in [4.69, 9.17) is 19.4 Å². The smallest absolute Gasteiger partial charge is 0.324 e. The first-order valence-corrected chi connectivity index (χ1v) is 22.3. The molecule has 16 heteroatoms. The molecule has 4 amide bonds. The zero-order chi connectivity index (χ0) is 43.7. The number of ether oxygens (including phenoxy) is 2. The molecule has 6 heterocycles. The number of pyridine rings is 1. The number of aromatic nitrogens is 3. The van der Waals surface area contributed by atoms with E-state index in [-0.39, 0.29) is 37.6 Å². The second-order valence-electron chi connectivity index (χ2n) is 17.7. The van der Waals surface area contributed by atoms with E-state index >= 15 is 0 Å². The zero-order valence-corrected chi connectivity index (χ0v) is 37.4. The molecule has 0 aliphatic carbocycles. The van der Waals surface area contributed by atoms with E-state index in [1.54, 1.807) is 25.3 Å². The maximum atomic E-state index is 14.5. The average molecular weight is 857 g/mol. The lowest BCUT2D eigenvalue weighted by Gasteiger charge is -2.37. The number of nitrogens with one attached hydrogen (secondary N) is 2. The van der Waals surface area contributed by atoms with Crippen molar-refractivity contribution >= 4 is 46.1 Å². The van der Waals surface area contributed by atoms with Crippen molar-refractivity contribution < 1.29 is 33.8 Å². The van der Waals surface area contributed by atoms with Gasteiger partial charge in [0.2, 0.25) is 5.91 Å². The normalized spacial score (nSPS) is 21.9. The van der Waals surface area contributed by atoms with Gasteiger partial charge in [-0.3, -0.25) is 24.4 Å². The Balaban J connectivity index is 1.30. The molecule has 3 N–H and O–H groups in total. The third kappa shape index (κ3) is 9.18. The monoisotopic (exact) mass is 856 g/mol. The number of aliphatic hydroxyl groups excluding tert-OH is 1. The molecule has 4 aromatic rings. The number of urea groups is 1. The lowest BCUT2D eigenvalue weighted by Crippen LogP contribution is -2.62. The molecule has 15 nitrogen and oxygen atoms in total. The van der Waals surface area contributed by atoms with Crippen molar-refractivity contribution in [3.8, 4) is 22.5 Å². The average Bonchev–Trinajstić information content (AvgIpc) is 3.98. The van der Waals surface area contributed by atoms with Gasteiger partial charge < -0.3 is 34.3 Å². The highest BCUT2D eigenvalue weighted by atomic mass is 32.1. The van der Waals surface area contributed by atoms with Crippen LogP contribution in [0.5, 0.6) is 0 Å². The van der Waals surface area contributed by atoms with Crippen LogP contribution in [-0.4, -0.2) is 123 Å². The minimum absolute atomic E-state index is 0.0861. The number of esters is 1. The first kappa shape index (κ1) is 44.2. The number of methoxy groups -OCH3 is 1. The first-order chi connectivity index (χ1) is 29.1. The summed E-state index contributed by atoms with van der Waals surface area (Å²) >= 11 is 1.41. The van der Waals surface area contributed by atoms with Gasteiger partial charge >= 0.3 is 12.0 Å². The van der Waals surface area contributed by atoms with Crippen molar-refractivity contribution in [1.29, 1.82) is 0 Å². The molecule has 328 valence electrons. The third-order valence-corrected chi connectivity index (χ3v) is 13.1. The molecule has 6 bridgehead atoms. The van der Waals surface area contributed by atoms with Gasteiger partial charge in [-0.15, -0.1) is 11.3 Å². The van der Waals surface area contributed by atoms with Gasteiger partial charge in [0.15, 0.2) is 0 Å². The zero-order valence-electron chi connectivity index (χ0n) is 36.6. The van der Waals surface area contributed by atoms with Crippen LogP contribution in [0.15, 0.2) is 41.9 Å².